The van der Waals surface area contributed by atoms with Gasteiger partial charge in [0, 0.05) is 13.5 Å². The van der Waals surface area contributed by atoms with Crippen LogP contribution in [0.5, 0.6) is 0 Å². The van der Waals surface area contributed by atoms with Gasteiger partial charge in [0.1, 0.15) is 0 Å². The van der Waals surface area contributed by atoms with E-state index in [9.17, 15) is 0 Å². The van der Waals surface area contributed by atoms with Gasteiger partial charge < -0.3 is 4.42 Å². The van der Waals surface area contributed by atoms with Crippen LogP contribution in [-0.4, -0.2) is 9.78 Å². The minimum Gasteiger partial charge on any atom is -0.409 e. The normalized spacial score (nSPS) is 15.8. The first kappa shape index (κ1) is 9.51. The number of aryl methyl sites for hydroxylation is 1. The van der Waals surface area contributed by atoms with E-state index in [4.69, 9.17) is 9.83 Å². The highest BCUT2D eigenvalue weighted by atomic mass is 79.9. The Morgan fingerprint density at radius 2 is 2.33 bits per heavy atom. The molecule has 2 rings (SSSR count). The van der Waals surface area contributed by atoms with Crippen molar-refractivity contribution in [3.8, 4) is 0 Å². The Balaban J connectivity index is 0.000000720. The molecule has 5 heteroatoms. The van der Waals surface area contributed by atoms with E-state index in [0.717, 1.165) is 12.5 Å². The Morgan fingerprint density at radius 1 is 1.67 bits per heavy atom. The van der Waals surface area contributed by atoms with E-state index in [1.807, 2.05) is 0 Å². The molecule has 12 heavy (non-hydrogen) atoms. The topological polar surface area (TPSA) is 54.8 Å². The molecule has 0 saturated heterocycles. The number of halogens is 1. The molecule has 1 aromatic rings. The van der Waals surface area contributed by atoms with Crippen molar-refractivity contribution in [2.24, 2.45) is 5.92 Å². The van der Waals surface area contributed by atoms with Crippen LogP contribution in [0.15, 0.2) is 4.42 Å². The van der Waals surface area contributed by atoms with Gasteiger partial charge in [0.05, 0.1) is 0 Å². The number of aromatic nitrogens is 2. The van der Waals surface area contributed by atoms with Crippen LogP contribution >= 0.6 is 17.0 Å². The lowest BCUT2D eigenvalue weighted by atomic mass is 10.4. The molecule has 1 fully saturated rings. The third-order valence-electron chi connectivity index (χ3n) is 1.87. The molecular formula is C7H12BrN3O. The van der Waals surface area contributed by atoms with Crippen LogP contribution in [0.25, 0.3) is 0 Å². The fourth-order valence-corrected chi connectivity index (χ4v) is 1.10. The molecule has 0 atom stereocenters. The van der Waals surface area contributed by atoms with Gasteiger partial charge in [0.15, 0.2) is 0 Å². The summed E-state index contributed by atoms with van der Waals surface area (Å²) in [4.78, 5) is 0. The Morgan fingerprint density at radius 3 is 2.75 bits per heavy atom. The monoisotopic (exact) mass is 233 g/mol. The second kappa shape index (κ2) is 3.43. The van der Waals surface area contributed by atoms with Crippen LogP contribution < -0.4 is 5.68 Å². The second-order valence-corrected chi connectivity index (χ2v) is 3.05. The van der Waals surface area contributed by atoms with Crippen molar-refractivity contribution in [1.29, 1.82) is 5.41 Å². The van der Waals surface area contributed by atoms with Gasteiger partial charge in [-0.15, -0.1) is 22.1 Å². The molecule has 0 spiro atoms. The molecule has 1 aliphatic carbocycles. The zero-order valence-corrected chi connectivity index (χ0v) is 8.62. The molecule has 0 aromatic carbocycles. The second-order valence-electron chi connectivity index (χ2n) is 3.05. The van der Waals surface area contributed by atoms with Crippen LogP contribution in [0.4, 0.5) is 0 Å². The van der Waals surface area contributed by atoms with Crippen molar-refractivity contribution in [1.82, 2.24) is 9.78 Å². The zero-order chi connectivity index (χ0) is 7.84. The highest BCUT2D eigenvalue weighted by Crippen LogP contribution is 2.29. The lowest BCUT2D eigenvalue weighted by molar-refractivity contribution is 0.424. The van der Waals surface area contributed by atoms with Gasteiger partial charge in [0.25, 0.3) is 0 Å². The molecule has 0 aliphatic heterocycles. The van der Waals surface area contributed by atoms with Crippen molar-refractivity contribution < 1.29 is 4.42 Å². The van der Waals surface area contributed by atoms with Gasteiger partial charge in [-0.25, -0.2) is 10.1 Å². The Bertz CT molecular complexity index is 313. The third kappa shape index (κ3) is 1.97. The number of hydrogen-bond acceptors (Lipinski definition) is 3. The first-order chi connectivity index (χ1) is 5.25. The number of hydrogen-bond donors (Lipinski definition) is 1. The van der Waals surface area contributed by atoms with Crippen molar-refractivity contribution >= 4 is 17.0 Å². The summed E-state index contributed by atoms with van der Waals surface area (Å²) in [5.41, 5.74) is 0.175. The van der Waals surface area contributed by atoms with Crippen LogP contribution in [0, 0.1) is 18.3 Å². The standard InChI is InChI=1S/C7H11N3O.BrH/c1-5-9-10(7(8)11-5)4-6-2-3-6;/h6,8H,2-4H2,1H3;1H. The minimum atomic E-state index is 0. The third-order valence-corrected chi connectivity index (χ3v) is 1.87. The average molecular weight is 234 g/mol. The molecule has 1 aliphatic rings. The highest BCUT2D eigenvalue weighted by Gasteiger charge is 2.22. The fourth-order valence-electron chi connectivity index (χ4n) is 1.10. The maximum atomic E-state index is 7.35. The smallest absolute Gasteiger partial charge is 0.312 e. The van der Waals surface area contributed by atoms with E-state index in [1.54, 1.807) is 11.6 Å². The van der Waals surface area contributed by atoms with E-state index in [-0.39, 0.29) is 22.7 Å². The number of nitrogens with one attached hydrogen (secondary N) is 1. The van der Waals surface area contributed by atoms with Gasteiger partial charge >= 0.3 is 5.68 Å². The van der Waals surface area contributed by atoms with Crippen LogP contribution in [0.1, 0.15) is 18.7 Å². The lowest BCUT2D eigenvalue weighted by Gasteiger charge is -1.93. The molecule has 0 bridgehead atoms. The molecule has 0 unspecified atom stereocenters. The molecule has 0 radical (unpaired) electrons. The first-order valence-electron chi connectivity index (χ1n) is 3.85. The molecular weight excluding hydrogens is 222 g/mol. The largest absolute Gasteiger partial charge is 0.409 e. The SMILES string of the molecule is Br.Cc1nn(CC2CC2)c(=N)o1. The average Bonchev–Trinajstić information content (AvgIpc) is 2.64. The lowest BCUT2D eigenvalue weighted by Crippen LogP contribution is -2.16. The van der Waals surface area contributed by atoms with Crippen LogP contribution in [0.2, 0.25) is 0 Å². The minimum absolute atomic E-state index is 0. The summed E-state index contributed by atoms with van der Waals surface area (Å²) < 4.78 is 6.59. The highest BCUT2D eigenvalue weighted by molar-refractivity contribution is 8.93. The zero-order valence-electron chi connectivity index (χ0n) is 6.91. The summed E-state index contributed by atoms with van der Waals surface area (Å²) in [6.45, 7) is 2.62. The Hall–Kier alpha value is -0.580. The van der Waals surface area contributed by atoms with Crippen molar-refractivity contribution in [3.05, 3.63) is 11.6 Å². The van der Waals surface area contributed by atoms with E-state index < -0.39 is 0 Å². The van der Waals surface area contributed by atoms with E-state index >= 15 is 0 Å². The summed E-state index contributed by atoms with van der Waals surface area (Å²) in [6, 6.07) is 0. The Labute approximate surface area is 80.9 Å². The maximum Gasteiger partial charge on any atom is 0.312 e. The molecule has 0 amide bonds. The number of rotatable bonds is 2. The molecule has 1 aromatic heterocycles. The predicted octanol–water partition coefficient (Wildman–Crippen LogP) is 1.25. The summed E-state index contributed by atoms with van der Waals surface area (Å²) in [6.07, 6.45) is 2.55. The van der Waals surface area contributed by atoms with Gasteiger partial charge in [-0.05, 0) is 18.8 Å². The van der Waals surface area contributed by atoms with Crippen LogP contribution in [0.3, 0.4) is 0 Å². The van der Waals surface area contributed by atoms with Gasteiger partial charge in [-0.1, -0.05) is 0 Å². The summed E-state index contributed by atoms with van der Waals surface area (Å²) in [5, 5.41) is 11.4. The van der Waals surface area contributed by atoms with Crippen molar-refractivity contribution in [2.45, 2.75) is 26.3 Å². The molecule has 1 saturated carbocycles. The Kier molecular flexibility index (Phi) is 2.72. The van der Waals surface area contributed by atoms with Gasteiger partial charge in [-0.2, -0.15) is 0 Å². The summed E-state index contributed by atoms with van der Waals surface area (Å²) in [7, 11) is 0. The van der Waals surface area contributed by atoms with Crippen molar-refractivity contribution in [2.75, 3.05) is 0 Å². The molecule has 4 nitrogen and oxygen atoms in total. The molecule has 1 N–H and O–H groups in total. The summed E-state index contributed by atoms with van der Waals surface area (Å²) >= 11 is 0. The maximum absolute atomic E-state index is 7.35. The molecule has 1 heterocycles. The van der Waals surface area contributed by atoms with E-state index in [2.05, 4.69) is 5.10 Å². The van der Waals surface area contributed by atoms with E-state index in [1.165, 1.54) is 12.8 Å². The summed E-state index contributed by atoms with van der Waals surface area (Å²) in [5.74, 6) is 1.32. The van der Waals surface area contributed by atoms with Crippen molar-refractivity contribution in [3.63, 3.8) is 0 Å². The van der Waals surface area contributed by atoms with Gasteiger partial charge in [-0.3, -0.25) is 0 Å². The van der Waals surface area contributed by atoms with E-state index in [0.29, 0.717) is 5.89 Å². The first-order valence-corrected chi connectivity index (χ1v) is 3.85. The fraction of sp³-hybridized carbons (Fsp3) is 0.714. The number of nitrogens with zero attached hydrogens (tertiary/aromatic N) is 2. The predicted molar refractivity (Wildman–Crippen MR) is 48.1 cm³/mol. The quantitative estimate of drug-likeness (QED) is 0.837. The van der Waals surface area contributed by atoms with Gasteiger partial charge in [0.2, 0.25) is 5.89 Å². The molecule has 68 valence electrons. The van der Waals surface area contributed by atoms with Crippen LogP contribution in [-0.2, 0) is 6.54 Å².